The van der Waals surface area contributed by atoms with Gasteiger partial charge in [0.05, 0.1) is 6.04 Å². The number of hydrogen-bond acceptors (Lipinski definition) is 5. The number of ether oxygens (including phenoxy) is 1. The van der Waals surface area contributed by atoms with Gasteiger partial charge in [0.2, 0.25) is 11.8 Å². The highest BCUT2D eigenvalue weighted by Crippen LogP contribution is 2.13. The summed E-state index contributed by atoms with van der Waals surface area (Å²) in [4.78, 5) is 27.3. The first-order chi connectivity index (χ1) is 8.72. The summed E-state index contributed by atoms with van der Waals surface area (Å²) in [5.74, 6) is 1.86. The lowest BCUT2D eigenvalue weighted by atomic mass is 10.2. The third kappa shape index (κ3) is 3.15. The number of rotatable bonds is 3. The summed E-state index contributed by atoms with van der Waals surface area (Å²) in [5, 5.41) is 3.18. The van der Waals surface area contributed by atoms with Gasteiger partial charge in [0, 0.05) is 44.9 Å². The Morgan fingerprint density at radius 1 is 1.28 bits per heavy atom. The number of carbonyl (C=O) groups excluding carboxylic acids is 2. The fourth-order valence-electron chi connectivity index (χ4n) is 2.17. The van der Waals surface area contributed by atoms with Crippen LogP contribution in [0.15, 0.2) is 0 Å². The Morgan fingerprint density at radius 3 is 2.50 bits per heavy atom. The van der Waals surface area contributed by atoms with Gasteiger partial charge in [-0.15, -0.1) is 11.8 Å². The Bertz CT molecular complexity index is 313. The van der Waals surface area contributed by atoms with Gasteiger partial charge >= 0.3 is 0 Å². The molecular weight excluding hydrogens is 254 g/mol. The smallest absolute Gasteiger partial charge is 0.248 e. The third-order valence-corrected chi connectivity index (χ3v) is 4.17. The summed E-state index contributed by atoms with van der Waals surface area (Å²) in [7, 11) is 1.51. The van der Waals surface area contributed by atoms with Crippen LogP contribution < -0.4 is 5.32 Å². The fourth-order valence-corrected chi connectivity index (χ4v) is 3.10. The zero-order chi connectivity index (χ0) is 13.0. The van der Waals surface area contributed by atoms with Crippen LogP contribution in [0, 0.1) is 0 Å². The van der Waals surface area contributed by atoms with E-state index in [1.165, 1.54) is 7.11 Å². The second-order valence-electron chi connectivity index (χ2n) is 4.41. The topological polar surface area (TPSA) is 61.9 Å². The first-order valence-electron chi connectivity index (χ1n) is 6.09. The van der Waals surface area contributed by atoms with E-state index in [4.69, 9.17) is 4.74 Å². The fraction of sp³-hybridized carbons (Fsp3) is 0.818. The minimum atomic E-state index is -0.0452. The van der Waals surface area contributed by atoms with Crippen molar-refractivity contribution in [2.75, 3.05) is 51.5 Å². The van der Waals surface area contributed by atoms with Gasteiger partial charge in [-0.25, -0.2) is 0 Å². The molecule has 0 aliphatic carbocycles. The number of nitrogens with one attached hydrogen (secondary N) is 1. The van der Waals surface area contributed by atoms with E-state index in [1.54, 1.807) is 16.7 Å². The molecular formula is C11H19N3O3S. The lowest BCUT2D eigenvalue weighted by Crippen LogP contribution is -2.55. The predicted octanol–water partition coefficient (Wildman–Crippen LogP) is -1.03. The van der Waals surface area contributed by atoms with Gasteiger partial charge < -0.3 is 14.5 Å². The minimum Gasteiger partial charge on any atom is -0.375 e. The maximum absolute atomic E-state index is 12.1. The maximum Gasteiger partial charge on any atom is 0.248 e. The van der Waals surface area contributed by atoms with Crippen LogP contribution in [0.2, 0.25) is 0 Å². The van der Waals surface area contributed by atoms with Gasteiger partial charge in [-0.2, -0.15) is 0 Å². The van der Waals surface area contributed by atoms with Crippen molar-refractivity contribution in [1.29, 1.82) is 0 Å². The lowest BCUT2D eigenvalue weighted by molar-refractivity contribution is -0.142. The molecule has 7 heteroatoms. The molecule has 2 amide bonds. The molecule has 102 valence electrons. The van der Waals surface area contributed by atoms with Crippen molar-refractivity contribution in [2.24, 2.45) is 0 Å². The molecule has 1 N–H and O–H groups in total. The monoisotopic (exact) mass is 273 g/mol. The number of hydrogen-bond donors (Lipinski definition) is 1. The van der Waals surface area contributed by atoms with Gasteiger partial charge in [0.25, 0.3) is 0 Å². The van der Waals surface area contributed by atoms with E-state index in [-0.39, 0.29) is 24.5 Å². The number of piperazine rings is 1. The molecule has 0 bridgehead atoms. The van der Waals surface area contributed by atoms with Crippen LogP contribution in [0.4, 0.5) is 0 Å². The molecule has 1 atom stereocenters. The van der Waals surface area contributed by atoms with E-state index >= 15 is 0 Å². The summed E-state index contributed by atoms with van der Waals surface area (Å²) in [5.41, 5.74) is 0. The van der Waals surface area contributed by atoms with Crippen molar-refractivity contribution in [3.8, 4) is 0 Å². The molecule has 2 saturated heterocycles. The largest absolute Gasteiger partial charge is 0.375 e. The average Bonchev–Trinajstić information content (AvgIpc) is 2.92. The number of nitrogens with zero attached hydrogens (tertiary/aromatic N) is 2. The molecule has 1 unspecified atom stereocenters. The Hall–Kier alpha value is -0.790. The molecule has 0 spiro atoms. The van der Waals surface area contributed by atoms with Crippen molar-refractivity contribution in [3.05, 3.63) is 0 Å². The normalized spacial score (nSPS) is 24.4. The standard InChI is InChI=1S/C11H19N3O3S/c1-17-6-10(15)13-2-4-14(5-3-13)11(16)9-7-18-8-12-9/h9,12H,2-8H2,1H3. The van der Waals surface area contributed by atoms with E-state index < -0.39 is 0 Å². The highest BCUT2D eigenvalue weighted by molar-refractivity contribution is 7.99. The highest BCUT2D eigenvalue weighted by Gasteiger charge is 2.30. The van der Waals surface area contributed by atoms with Gasteiger partial charge in [-0.05, 0) is 0 Å². The molecule has 0 radical (unpaired) electrons. The molecule has 0 aromatic carbocycles. The van der Waals surface area contributed by atoms with E-state index in [2.05, 4.69) is 5.32 Å². The third-order valence-electron chi connectivity index (χ3n) is 3.23. The second-order valence-corrected chi connectivity index (χ2v) is 5.44. The van der Waals surface area contributed by atoms with Gasteiger partial charge in [-0.3, -0.25) is 14.9 Å². The van der Waals surface area contributed by atoms with E-state index in [9.17, 15) is 9.59 Å². The highest BCUT2D eigenvalue weighted by atomic mass is 32.2. The molecule has 0 aromatic rings. The van der Waals surface area contributed by atoms with Crippen LogP contribution in [0.25, 0.3) is 0 Å². The molecule has 2 fully saturated rings. The van der Waals surface area contributed by atoms with Crippen molar-refractivity contribution >= 4 is 23.6 Å². The van der Waals surface area contributed by atoms with Gasteiger partial charge in [0.15, 0.2) is 0 Å². The number of methoxy groups -OCH3 is 1. The molecule has 18 heavy (non-hydrogen) atoms. The van der Waals surface area contributed by atoms with Crippen molar-refractivity contribution in [3.63, 3.8) is 0 Å². The average molecular weight is 273 g/mol. The van der Waals surface area contributed by atoms with Crippen LogP contribution in [0.1, 0.15) is 0 Å². The van der Waals surface area contributed by atoms with Gasteiger partial charge in [-0.1, -0.05) is 0 Å². The summed E-state index contributed by atoms with van der Waals surface area (Å²) in [6, 6.07) is -0.0452. The maximum atomic E-state index is 12.1. The number of thioether (sulfide) groups is 1. The number of carbonyl (C=O) groups is 2. The van der Waals surface area contributed by atoms with E-state index in [1.807, 2.05) is 4.90 Å². The first kappa shape index (κ1) is 13.6. The Balaban J connectivity index is 1.79. The Kier molecular flexibility index (Phi) is 4.85. The Labute approximate surface area is 111 Å². The first-order valence-corrected chi connectivity index (χ1v) is 7.24. The molecule has 2 rings (SSSR count). The van der Waals surface area contributed by atoms with Crippen molar-refractivity contribution in [2.45, 2.75) is 6.04 Å². The lowest BCUT2D eigenvalue weighted by Gasteiger charge is -2.35. The van der Waals surface area contributed by atoms with Crippen LogP contribution in [-0.4, -0.2) is 79.2 Å². The second kappa shape index (κ2) is 6.40. The predicted molar refractivity (Wildman–Crippen MR) is 69.3 cm³/mol. The molecule has 0 aromatic heterocycles. The molecule has 2 aliphatic rings. The summed E-state index contributed by atoms with van der Waals surface area (Å²) < 4.78 is 4.83. The quantitative estimate of drug-likeness (QED) is 0.712. The van der Waals surface area contributed by atoms with Crippen LogP contribution in [0.3, 0.4) is 0 Å². The minimum absolute atomic E-state index is 0.000791. The summed E-state index contributed by atoms with van der Waals surface area (Å²) in [6.45, 7) is 2.57. The molecule has 2 aliphatic heterocycles. The zero-order valence-electron chi connectivity index (χ0n) is 10.6. The zero-order valence-corrected chi connectivity index (χ0v) is 11.4. The molecule has 2 heterocycles. The van der Waals surface area contributed by atoms with Crippen molar-refractivity contribution < 1.29 is 14.3 Å². The Morgan fingerprint density at radius 2 is 1.94 bits per heavy atom. The summed E-state index contributed by atoms with van der Waals surface area (Å²) in [6.07, 6.45) is 0. The van der Waals surface area contributed by atoms with E-state index in [0.717, 1.165) is 11.6 Å². The van der Waals surface area contributed by atoms with Gasteiger partial charge in [0.1, 0.15) is 6.61 Å². The molecule has 6 nitrogen and oxygen atoms in total. The SMILES string of the molecule is COCC(=O)N1CCN(C(=O)C2CSCN2)CC1. The van der Waals surface area contributed by atoms with E-state index in [0.29, 0.717) is 26.2 Å². The summed E-state index contributed by atoms with van der Waals surface area (Å²) >= 11 is 1.75. The van der Waals surface area contributed by atoms with Crippen LogP contribution >= 0.6 is 11.8 Å². The van der Waals surface area contributed by atoms with Crippen LogP contribution in [0.5, 0.6) is 0 Å². The molecule has 0 saturated carbocycles. The number of amides is 2. The van der Waals surface area contributed by atoms with Crippen LogP contribution in [-0.2, 0) is 14.3 Å². The van der Waals surface area contributed by atoms with Crippen molar-refractivity contribution in [1.82, 2.24) is 15.1 Å².